The molecule has 0 saturated carbocycles. The van der Waals surface area contributed by atoms with Crippen molar-refractivity contribution in [3.63, 3.8) is 0 Å². The van der Waals surface area contributed by atoms with Gasteiger partial charge in [0.2, 0.25) is 0 Å². The predicted octanol–water partition coefficient (Wildman–Crippen LogP) is 2.75. The predicted molar refractivity (Wildman–Crippen MR) is 88.4 cm³/mol. The second-order valence-electron chi connectivity index (χ2n) is 6.81. The van der Waals surface area contributed by atoms with Crippen LogP contribution in [0.4, 0.5) is 0 Å². The lowest BCUT2D eigenvalue weighted by atomic mass is 9.94. The molecule has 2 atom stereocenters. The zero-order chi connectivity index (χ0) is 15.3. The van der Waals surface area contributed by atoms with Gasteiger partial charge in [0.05, 0.1) is 5.60 Å². The maximum Gasteiger partial charge on any atom is 0.0994 e. The van der Waals surface area contributed by atoms with E-state index >= 15 is 0 Å². The SMILES string of the molecule is CC(C)N(CC1CCCCN1)CC(C)(O)c1ccccc1. The van der Waals surface area contributed by atoms with Gasteiger partial charge in [-0.15, -0.1) is 0 Å². The molecule has 1 heterocycles. The van der Waals surface area contributed by atoms with Crippen LogP contribution in [0.1, 0.15) is 45.6 Å². The fraction of sp³-hybridized carbons (Fsp3) is 0.667. The summed E-state index contributed by atoms with van der Waals surface area (Å²) >= 11 is 0. The van der Waals surface area contributed by atoms with Crippen LogP contribution < -0.4 is 5.32 Å². The van der Waals surface area contributed by atoms with Crippen molar-refractivity contribution >= 4 is 0 Å². The highest BCUT2D eigenvalue weighted by atomic mass is 16.3. The molecule has 1 aromatic rings. The number of piperidine rings is 1. The minimum atomic E-state index is -0.805. The largest absolute Gasteiger partial charge is 0.384 e. The van der Waals surface area contributed by atoms with Gasteiger partial charge in [0.15, 0.2) is 0 Å². The summed E-state index contributed by atoms with van der Waals surface area (Å²) in [5.41, 5.74) is 0.187. The minimum Gasteiger partial charge on any atom is -0.384 e. The Morgan fingerprint density at radius 3 is 2.57 bits per heavy atom. The first kappa shape index (κ1) is 16.5. The van der Waals surface area contributed by atoms with Crippen molar-refractivity contribution in [2.24, 2.45) is 0 Å². The second-order valence-corrected chi connectivity index (χ2v) is 6.81. The molecule has 0 bridgehead atoms. The van der Waals surface area contributed by atoms with Crippen molar-refractivity contribution in [1.29, 1.82) is 0 Å². The van der Waals surface area contributed by atoms with Gasteiger partial charge in [-0.05, 0) is 45.7 Å². The molecule has 2 rings (SSSR count). The van der Waals surface area contributed by atoms with E-state index in [2.05, 4.69) is 24.1 Å². The molecule has 1 aliphatic rings. The van der Waals surface area contributed by atoms with Crippen molar-refractivity contribution in [3.05, 3.63) is 35.9 Å². The Balaban J connectivity index is 2.01. The molecule has 0 aromatic heterocycles. The molecule has 0 amide bonds. The molecule has 0 spiro atoms. The van der Waals surface area contributed by atoms with Gasteiger partial charge in [0.25, 0.3) is 0 Å². The van der Waals surface area contributed by atoms with Gasteiger partial charge in [-0.3, -0.25) is 4.90 Å². The summed E-state index contributed by atoms with van der Waals surface area (Å²) in [7, 11) is 0. The van der Waals surface area contributed by atoms with E-state index in [1.807, 2.05) is 37.3 Å². The van der Waals surface area contributed by atoms with Gasteiger partial charge in [-0.1, -0.05) is 36.8 Å². The number of benzene rings is 1. The lowest BCUT2D eigenvalue weighted by molar-refractivity contribution is 0.00239. The van der Waals surface area contributed by atoms with Crippen molar-refractivity contribution in [2.75, 3.05) is 19.6 Å². The van der Waals surface area contributed by atoms with Crippen LogP contribution in [0.5, 0.6) is 0 Å². The zero-order valence-electron chi connectivity index (χ0n) is 13.7. The summed E-state index contributed by atoms with van der Waals surface area (Å²) in [5, 5.41) is 14.5. The Hall–Kier alpha value is -0.900. The Morgan fingerprint density at radius 1 is 1.29 bits per heavy atom. The normalized spacial score (nSPS) is 22.5. The molecule has 1 aliphatic heterocycles. The number of hydrogen-bond acceptors (Lipinski definition) is 3. The molecular formula is C18H30N2O. The summed E-state index contributed by atoms with van der Waals surface area (Å²) in [6.07, 6.45) is 3.86. The first-order valence-electron chi connectivity index (χ1n) is 8.24. The monoisotopic (exact) mass is 290 g/mol. The van der Waals surface area contributed by atoms with E-state index in [0.29, 0.717) is 18.6 Å². The minimum absolute atomic E-state index is 0.434. The zero-order valence-corrected chi connectivity index (χ0v) is 13.7. The molecule has 2 N–H and O–H groups in total. The van der Waals surface area contributed by atoms with Crippen LogP contribution in [-0.2, 0) is 5.60 Å². The van der Waals surface area contributed by atoms with Gasteiger partial charge >= 0.3 is 0 Å². The van der Waals surface area contributed by atoms with E-state index in [-0.39, 0.29) is 0 Å². The third-order valence-corrected chi connectivity index (χ3v) is 4.50. The summed E-state index contributed by atoms with van der Waals surface area (Å²) in [4.78, 5) is 2.40. The van der Waals surface area contributed by atoms with Gasteiger partial charge in [-0.25, -0.2) is 0 Å². The Labute approximate surface area is 129 Å². The van der Waals surface area contributed by atoms with Crippen LogP contribution in [0.3, 0.4) is 0 Å². The molecule has 118 valence electrons. The molecule has 2 unspecified atom stereocenters. The molecule has 1 fully saturated rings. The van der Waals surface area contributed by atoms with Gasteiger partial charge < -0.3 is 10.4 Å². The third kappa shape index (κ3) is 4.80. The molecule has 0 aliphatic carbocycles. The van der Waals surface area contributed by atoms with Crippen LogP contribution in [0.15, 0.2) is 30.3 Å². The number of rotatable bonds is 6. The Kier molecular flexibility index (Phi) is 5.80. The lowest BCUT2D eigenvalue weighted by Crippen LogP contribution is -2.50. The van der Waals surface area contributed by atoms with E-state index in [1.54, 1.807) is 0 Å². The second kappa shape index (κ2) is 7.39. The quantitative estimate of drug-likeness (QED) is 0.845. The lowest BCUT2D eigenvalue weighted by Gasteiger charge is -2.37. The average Bonchev–Trinajstić information content (AvgIpc) is 2.48. The maximum absolute atomic E-state index is 10.9. The summed E-state index contributed by atoms with van der Waals surface area (Å²) in [6, 6.07) is 11.0. The first-order valence-corrected chi connectivity index (χ1v) is 8.24. The van der Waals surface area contributed by atoms with Crippen molar-refractivity contribution < 1.29 is 5.11 Å². The summed E-state index contributed by atoms with van der Waals surface area (Å²) in [5.74, 6) is 0. The molecule has 3 heteroatoms. The van der Waals surface area contributed by atoms with Crippen molar-refractivity contribution in [1.82, 2.24) is 10.2 Å². The standard InChI is InChI=1S/C18H30N2O/c1-15(2)20(13-17-11-7-8-12-19-17)14-18(3,21)16-9-5-4-6-10-16/h4-6,9-10,15,17,19,21H,7-8,11-14H2,1-3H3. The third-order valence-electron chi connectivity index (χ3n) is 4.50. The van der Waals surface area contributed by atoms with E-state index in [9.17, 15) is 5.11 Å². The molecule has 21 heavy (non-hydrogen) atoms. The smallest absolute Gasteiger partial charge is 0.0994 e. The van der Waals surface area contributed by atoms with E-state index in [1.165, 1.54) is 19.3 Å². The van der Waals surface area contributed by atoms with Gasteiger partial charge in [0, 0.05) is 25.2 Å². The van der Waals surface area contributed by atoms with Crippen LogP contribution in [0, 0.1) is 0 Å². The fourth-order valence-electron chi connectivity index (χ4n) is 3.10. The Morgan fingerprint density at radius 2 is 2.00 bits per heavy atom. The van der Waals surface area contributed by atoms with Crippen LogP contribution in [-0.4, -0.2) is 41.7 Å². The molecule has 0 radical (unpaired) electrons. The van der Waals surface area contributed by atoms with Gasteiger partial charge in [0.1, 0.15) is 0 Å². The van der Waals surface area contributed by atoms with Crippen LogP contribution in [0.2, 0.25) is 0 Å². The van der Waals surface area contributed by atoms with E-state index in [4.69, 9.17) is 0 Å². The van der Waals surface area contributed by atoms with Crippen LogP contribution in [0.25, 0.3) is 0 Å². The first-order chi connectivity index (χ1) is 9.99. The number of hydrogen-bond donors (Lipinski definition) is 2. The molecule has 1 saturated heterocycles. The van der Waals surface area contributed by atoms with Crippen LogP contribution >= 0.6 is 0 Å². The van der Waals surface area contributed by atoms with Crippen molar-refractivity contribution in [3.8, 4) is 0 Å². The highest BCUT2D eigenvalue weighted by molar-refractivity contribution is 5.21. The average molecular weight is 290 g/mol. The molecule has 1 aromatic carbocycles. The molecule has 3 nitrogen and oxygen atoms in total. The maximum atomic E-state index is 10.9. The highest BCUT2D eigenvalue weighted by Gasteiger charge is 2.28. The van der Waals surface area contributed by atoms with Gasteiger partial charge in [-0.2, -0.15) is 0 Å². The van der Waals surface area contributed by atoms with E-state index < -0.39 is 5.60 Å². The van der Waals surface area contributed by atoms with E-state index in [0.717, 1.165) is 18.7 Å². The topological polar surface area (TPSA) is 35.5 Å². The number of nitrogens with zero attached hydrogens (tertiary/aromatic N) is 1. The fourth-order valence-corrected chi connectivity index (χ4v) is 3.10. The van der Waals surface area contributed by atoms with Crippen molar-refractivity contribution in [2.45, 2.75) is 57.7 Å². The summed E-state index contributed by atoms with van der Waals surface area (Å²) in [6.45, 7) is 9.17. The summed E-state index contributed by atoms with van der Waals surface area (Å²) < 4.78 is 0. The molecular weight excluding hydrogens is 260 g/mol. The number of nitrogens with one attached hydrogen (secondary N) is 1. The Bertz CT molecular complexity index is 410. The number of aliphatic hydroxyl groups is 1. The highest BCUT2D eigenvalue weighted by Crippen LogP contribution is 2.23.